The third kappa shape index (κ3) is 2.66. The van der Waals surface area contributed by atoms with Gasteiger partial charge in [-0.25, -0.2) is 0 Å². The maximum absolute atomic E-state index is 8.93. The Morgan fingerprint density at radius 3 is 2.62 bits per heavy atom. The number of aliphatic hydroxyl groups excluding tert-OH is 1. The summed E-state index contributed by atoms with van der Waals surface area (Å²) in [7, 11) is 0. The zero-order valence-electron chi connectivity index (χ0n) is 8.68. The van der Waals surface area contributed by atoms with E-state index < -0.39 is 0 Å². The lowest BCUT2D eigenvalue weighted by atomic mass is 9.72. The van der Waals surface area contributed by atoms with Crippen LogP contribution in [-0.4, -0.2) is 36.5 Å². The van der Waals surface area contributed by atoms with Crippen molar-refractivity contribution < 1.29 is 9.84 Å². The van der Waals surface area contributed by atoms with Crippen molar-refractivity contribution in [1.82, 2.24) is 5.32 Å². The van der Waals surface area contributed by atoms with Gasteiger partial charge in [0.1, 0.15) is 0 Å². The quantitative estimate of drug-likeness (QED) is 0.649. The molecule has 0 aromatic carbocycles. The second kappa shape index (κ2) is 4.94. The fourth-order valence-corrected chi connectivity index (χ4v) is 2.19. The second-order valence-corrected chi connectivity index (χ2v) is 3.77. The fraction of sp³-hybridized carbons (Fsp3) is 1.00. The van der Waals surface area contributed by atoms with Crippen molar-refractivity contribution in [3.8, 4) is 0 Å². The Kier molecular flexibility index (Phi) is 4.16. The molecule has 0 spiro atoms. The average Bonchev–Trinajstić information content (AvgIpc) is 2.03. The van der Waals surface area contributed by atoms with Crippen LogP contribution in [0, 0.1) is 0 Å². The summed E-state index contributed by atoms with van der Waals surface area (Å²) in [6.07, 6.45) is 3.37. The molecule has 3 heteroatoms. The minimum Gasteiger partial charge on any atom is -0.396 e. The zero-order valence-corrected chi connectivity index (χ0v) is 8.68. The van der Waals surface area contributed by atoms with Crippen molar-refractivity contribution >= 4 is 0 Å². The monoisotopic (exact) mass is 187 g/mol. The van der Waals surface area contributed by atoms with E-state index in [1.165, 1.54) is 0 Å². The Morgan fingerprint density at radius 1 is 1.46 bits per heavy atom. The van der Waals surface area contributed by atoms with Gasteiger partial charge in [0.25, 0.3) is 0 Å². The van der Waals surface area contributed by atoms with Crippen molar-refractivity contribution in [2.75, 3.05) is 19.8 Å². The van der Waals surface area contributed by atoms with E-state index in [-0.39, 0.29) is 12.1 Å². The van der Waals surface area contributed by atoms with Gasteiger partial charge in [-0.3, -0.25) is 0 Å². The maximum atomic E-state index is 8.93. The van der Waals surface area contributed by atoms with E-state index in [1.807, 2.05) is 6.92 Å². The summed E-state index contributed by atoms with van der Waals surface area (Å²) in [6, 6.07) is 0. The molecule has 0 radical (unpaired) electrons. The van der Waals surface area contributed by atoms with Crippen LogP contribution in [0.5, 0.6) is 0 Å². The zero-order chi connectivity index (χ0) is 9.73. The highest BCUT2D eigenvalue weighted by Gasteiger charge is 2.43. The van der Waals surface area contributed by atoms with Gasteiger partial charge >= 0.3 is 0 Å². The molecule has 0 heterocycles. The Labute approximate surface area is 80.5 Å². The molecule has 13 heavy (non-hydrogen) atoms. The van der Waals surface area contributed by atoms with E-state index in [9.17, 15) is 0 Å². The molecule has 1 aliphatic rings. The normalized spacial score (nSPS) is 33.0. The summed E-state index contributed by atoms with van der Waals surface area (Å²) in [5, 5.41) is 12.4. The minimum atomic E-state index is 0.170. The Balaban J connectivity index is 2.29. The molecule has 0 atom stereocenters. The lowest BCUT2D eigenvalue weighted by Gasteiger charge is -2.48. The van der Waals surface area contributed by atoms with Crippen LogP contribution in [0.1, 0.15) is 33.1 Å². The minimum absolute atomic E-state index is 0.170. The molecule has 0 aromatic rings. The highest BCUT2D eigenvalue weighted by molar-refractivity contribution is 5.01. The molecule has 0 unspecified atom stereocenters. The van der Waals surface area contributed by atoms with Gasteiger partial charge in [0.05, 0.1) is 6.10 Å². The van der Waals surface area contributed by atoms with Gasteiger partial charge in [0, 0.05) is 18.8 Å². The van der Waals surface area contributed by atoms with Crippen LogP contribution in [0.25, 0.3) is 0 Å². The van der Waals surface area contributed by atoms with E-state index in [1.54, 1.807) is 0 Å². The van der Waals surface area contributed by atoms with Crippen LogP contribution >= 0.6 is 0 Å². The molecular formula is C10H21NO2. The molecule has 0 bridgehead atoms. The summed E-state index contributed by atoms with van der Waals surface area (Å²) < 4.78 is 5.50. The summed E-state index contributed by atoms with van der Waals surface area (Å²) in [5.74, 6) is 0. The van der Waals surface area contributed by atoms with E-state index in [2.05, 4.69) is 12.2 Å². The molecule has 1 rings (SSSR count). The Hall–Kier alpha value is -0.120. The molecule has 1 aliphatic carbocycles. The van der Waals surface area contributed by atoms with E-state index in [0.29, 0.717) is 6.10 Å². The van der Waals surface area contributed by atoms with Crippen LogP contribution in [0.2, 0.25) is 0 Å². The maximum Gasteiger partial charge on any atom is 0.0610 e. The lowest BCUT2D eigenvalue weighted by Crippen LogP contribution is -2.58. The fourth-order valence-electron chi connectivity index (χ4n) is 2.19. The first-order valence-corrected chi connectivity index (χ1v) is 5.24. The van der Waals surface area contributed by atoms with Crippen LogP contribution in [0.4, 0.5) is 0 Å². The van der Waals surface area contributed by atoms with Crippen molar-refractivity contribution in [2.24, 2.45) is 0 Å². The number of ether oxygens (including phenoxy) is 1. The first-order valence-electron chi connectivity index (χ1n) is 5.24. The standard InChI is InChI=1S/C10H21NO2/c1-3-11-10(5-6-12)7-9(8-10)13-4-2/h9,11-12H,3-8H2,1-2H3. The third-order valence-corrected chi connectivity index (χ3v) is 2.78. The molecule has 2 N–H and O–H groups in total. The van der Waals surface area contributed by atoms with Crippen LogP contribution in [0.15, 0.2) is 0 Å². The van der Waals surface area contributed by atoms with E-state index >= 15 is 0 Å². The largest absolute Gasteiger partial charge is 0.396 e. The van der Waals surface area contributed by atoms with Crippen LogP contribution in [0.3, 0.4) is 0 Å². The molecule has 0 amide bonds. The molecule has 1 fully saturated rings. The Morgan fingerprint density at radius 2 is 2.15 bits per heavy atom. The number of hydrogen-bond donors (Lipinski definition) is 2. The number of aliphatic hydroxyl groups is 1. The summed E-state index contributed by atoms with van der Waals surface area (Å²) in [4.78, 5) is 0. The first kappa shape index (κ1) is 11.0. The Bertz CT molecular complexity index is 136. The molecule has 3 nitrogen and oxygen atoms in total. The second-order valence-electron chi connectivity index (χ2n) is 3.77. The summed E-state index contributed by atoms with van der Waals surface area (Å²) >= 11 is 0. The summed E-state index contributed by atoms with van der Waals surface area (Å²) in [5.41, 5.74) is 0.170. The lowest BCUT2D eigenvalue weighted by molar-refractivity contribution is -0.0574. The van der Waals surface area contributed by atoms with Crippen molar-refractivity contribution in [3.05, 3.63) is 0 Å². The van der Waals surface area contributed by atoms with Gasteiger partial charge in [-0.15, -0.1) is 0 Å². The molecule has 0 aromatic heterocycles. The van der Waals surface area contributed by atoms with Gasteiger partial charge in [0.15, 0.2) is 0 Å². The number of nitrogens with one attached hydrogen (secondary N) is 1. The SMILES string of the molecule is CCNC1(CCO)CC(OCC)C1. The highest BCUT2D eigenvalue weighted by atomic mass is 16.5. The van der Waals surface area contributed by atoms with Gasteiger partial charge in [-0.2, -0.15) is 0 Å². The van der Waals surface area contributed by atoms with Gasteiger partial charge in [-0.1, -0.05) is 6.92 Å². The average molecular weight is 187 g/mol. The molecule has 0 aliphatic heterocycles. The van der Waals surface area contributed by atoms with Crippen molar-refractivity contribution in [1.29, 1.82) is 0 Å². The van der Waals surface area contributed by atoms with Gasteiger partial charge < -0.3 is 15.2 Å². The molecule has 0 saturated heterocycles. The smallest absolute Gasteiger partial charge is 0.0610 e. The molecule has 78 valence electrons. The van der Waals surface area contributed by atoms with E-state index in [0.717, 1.165) is 32.4 Å². The number of hydrogen-bond acceptors (Lipinski definition) is 3. The van der Waals surface area contributed by atoms with Crippen LogP contribution < -0.4 is 5.32 Å². The van der Waals surface area contributed by atoms with Crippen molar-refractivity contribution in [3.63, 3.8) is 0 Å². The number of rotatable bonds is 6. The summed E-state index contributed by atoms with van der Waals surface area (Å²) in [6.45, 7) is 6.17. The topological polar surface area (TPSA) is 41.5 Å². The predicted molar refractivity (Wildman–Crippen MR) is 52.8 cm³/mol. The third-order valence-electron chi connectivity index (χ3n) is 2.78. The predicted octanol–water partition coefficient (Wildman–Crippen LogP) is 0.916. The van der Waals surface area contributed by atoms with Crippen molar-refractivity contribution in [2.45, 2.75) is 44.8 Å². The first-order chi connectivity index (χ1) is 6.26. The van der Waals surface area contributed by atoms with Gasteiger partial charge in [0.2, 0.25) is 0 Å². The van der Waals surface area contributed by atoms with E-state index in [4.69, 9.17) is 9.84 Å². The highest BCUT2D eigenvalue weighted by Crippen LogP contribution is 2.36. The van der Waals surface area contributed by atoms with Crippen LogP contribution in [-0.2, 0) is 4.74 Å². The molecule has 1 saturated carbocycles. The molecular weight excluding hydrogens is 166 g/mol. The van der Waals surface area contributed by atoms with Gasteiger partial charge in [-0.05, 0) is 32.7 Å².